The van der Waals surface area contributed by atoms with E-state index < -0.39 is 0 Å². The molecular formula is C11H15N3OS. The van der Waals surface area contributed by atoms with Crippen LogP contribution in [-0.2, 0) is 0 Å². The third-order valence-corrected chi connectivity index (χ3v) is 3.51. The lowest BCUT2D eigenvalue weighted by Crippen LogP contribution is -2.38. The number of nitrogens with zero attached hydrogens (tertiary/aromatic N) is 2. The van der Waals surface area contributed by atoms with Gasteiger partial charge < -0.3 is 10.2 Å². The van der Waals surface area contributed by atoms with Crippen molar-refractivity contribution in [2.24, 2.45) is 0 Å². The molecule has 1 aromatic heterocycles. The number of rotatable bonds is 2. The number of amides is 1. The Hall–Kier alpha value is -1.23. The average molecular weight is 237 g/mol. The number of thioether (sulfide) groups is 1. The SMILES string of the molecule is CNc1ccnc(C(=O)N2CCSCC2)c1. The fourth-order valence-corrected chi connectivity index (χ4v) is 2.53. The van der Waals surface area contributed by atoms with Crippen molar-refractivity contribution in [1.82, 2.24) is 9.88 Å². The van der Waals surface area contributed by atoms with Gasteiger partial charge >= 0.3 is 0 Å². The minimum atomic E-state index is 0.0393. The number of anilines is 1. The second kappa shape index (κ2) is 5.21. The van der Waals surface area contributed by atoms with E-state index in [-0.39, 0.29) is 5.91 Å². The van der Waals surface area contributed by atoms with E-state index in [0.717, 1.165) is 30.3 Å². The quantitative estimate of drug-likeness (QED) is 0.842. The van der Waals surface area contributed by atoms with Crippen LogP contribution < -0.4 is 5.32 Å². The first kappa shape index (κ1) is 11.3. The van der Waals surface area contributed by atoms with Crippen LogP contribution in [0.2, 0.25) is 0 Å². The third kappa shape index (κ3) is 2.47. The van der Waals surface area contributed by atoms with Crippen LogP contribution in [0.3, 0.4) is 0 Å². The van der Waals surface area contributed by atoms with Crippen LogP contribution >= 0.6 is 11.8 Å². The van der Waals surface area contributed by atoms with Crippen molar-refractivity contribution < 1.29 is 4.79 Å². The van der Waals surface area contributed by atoms with Crippen LogP contribution in [0.4, 0.5) is 5.69 Å². The molecule has 0 spiro atoms. The van der Waals surface area contributed by atoms with Gasteiger partial charge in [0, 0.05) is 43.5 Å². The molecule has 86 valence electrons. The van der Waals surface area contributed by atoms with Gasteiger partial charge in [-0.25, -0.2) is 0 Å². The molecule has 4 nitrogen and oxygen atoms in total. The summed E-state index contributed by atoms with van der Waals surface area (Å²) in [5, 5.41) is 3.01. The Morgan fingerprint density at radius 1 is 1.50 bits per heavy atom. The number of hydrogen-bond acceptors (Lipinski definition) is 4. The highest BCUT2D eigenvalue weighted by Gasteiger charge is 2.19. The molecular weight excluding hydrogens is 222 g/mol. The van der Waals surface area contributed by atoms with Gasteiger partial charge in [0.1, 0.15) is 5.69 Å². The fraction of sp³-hybridized carbons (Fsp3) is 0.455. The molecule has 1 fully saturated rings. The van der Waals surface area contributed by atoms with Gasteiger partial charge in [-0.15, -0.1) is 0 Å². The molecule has 1 amide bonds. The Labute approximate surface area is 99.4 Å². The van der Waals surface area contributed by atoms with Gasteiger partial charge in [-0.2, -0.15) is 11.8 Å². The minimum Gasteiger partial charge on any atom is -0.388 e. The summed E-state index contributed by atoms with van der Waals surface area (Å²) in [6.07, 6.45) is 1.66. The Bertz CT molecular complexity index is 377. The summed E-state index contributed by atoms with van der Waals surface area (Å²) < 4.78 is 0. The predicted octanol–water partition coefficient (Wildman–Crippen LogP) is 1.31. The third-order valence-electron chi connectivity index (χ3n) is 2.57. The van der Waals surface area contributed by atoms with Crippen LogP contribution in [0.15, 0.2) is 18.3 Å². The number of pyridine rings is 1. The number of carbonyl (C=O) groups excluding carboxylic acids is 1. The van der Waals surface area contributed by atoms with Crippen LogP contribution in [0, 0.1) is 0 Å². The topological polar surface area (TPSA) is 45.2 Å². The summed E-state index contributed by atoms with van der Waals surface area (Å²) in [5.41, 5.74) is 1.45. The van der Waals surface area contributed by atoms with E-state index in [2.05, 4.69) is 10.3 Å². The lowest BCUT2D eigenvalue weighted by molar-refractivity contribution is 0.0766. The first-order valence-corrected chi connectivity index (χ1v) is 6.47. The lowest BCUT2D eigenvalue weighted by Gasteiger charge is -2.26. The van der Waals surface area contributed by atoms with Gasteiger partial charge in [0.15, 0.2) is 0 Å². The highest BCUT2D eigenvalue weighted by atomic mass is 32.2. The van der Waals surface area contributed by atoms with Gasteiger partial charge in [-0.05, 0) is 12.1 Å². The summed E-state index contributed by atoms with van der Waals surface area (Å²) in [4.78, 5) is 18.1. The summed E-state index contributed by atoms with van der Waals surface area (Å²) >= 11 is 1.89. The van der Waals surface area contributed by atoms with Gasteiger partial charge in [0.05, 0.1) is 0 Å². The van der Waals surface area contributed by atoms with Crippen molar-refractivity contribution in [3.63, 3.8) is 0 Å². The molecule has 1 saturated heterocycles. The van der Waals surface area contributed by atoms with Crippen LogP contribution in [-0.4, -0.2) is 47.4 Å². The van der Waals surface area contributed by atoms with Crippen molar-refractivity contribution >= 4 is 23.4 Å². The largest absolute Gasteiger partial charge is 0.388 e. The van der Waals surface area contributed by atoms with Gasteiger partial charge in [0.25, 0.3) is 5.91 Å². The van der Waals surface area contributed by atoms with E-state index >= 15 is 0 Å². The van der Waals surface area contributed by atoms with Crippen LogP contribution in [0.5, 0.6) is 0 Å². The van der Waals surface area contributed by atoms with Crippen molar-refractivity contribution in [2.75, 3.05) is 37.0 Å². The zero-order valence-electron chi connectivity index (χ0n) is 9.27. The molecule has 0 unspecified atom stereocenters. The maximum Gasteiger partial charge on any atom is 0.272 e. The van der Waals surface area contributed by atoms with Crippen molar-refractivity contribution in [1.29, 1.82) is 0 Å². The zero-order valence-corrected chi connectivity index (χ0v) is 10.1. The molecule has 0 aliphatic carbocycles. The first-order chi connectivity index (χ1) is 7.81. The highest BCUT2D eigenvalue weighted by Crippen LogP contribution is 2.14. The minimum absolute atomic E-state index is 0.0393. The molecule has 0 saturated carbocycles. The monoisotopic (exact) mass is 237 g/mol. The van der Waals surface area contributed by atoms with E-state index in [1.165, 1.54) is 0 Å². The molecule has 0 bridgehead atoms. The normalized spacial score (nSPS) is 15.9. The average Bonchev–Trinajstić information content (AvgIpc) is 2.39. The molecule has 5 heteroatoms. The molecule has 1 N–H and O–H groups in total. The number of nitrogens with one attached hydrogen (secondary N) is 1. The molecule has 1 aromatic rings. The first-order valence-electron chi connectivity index (χ1n) is 5.32. The molecule has 0 aromatic carbocycles. The lowest BCUT2D eigenvalue weighted by atomic mass is 10.3. The van der Waals surface area contributed by atoms with E-state index in [1.54, 1.807) is 12.3 Å². The molecule has 2 rings (SSSR count). The van der Waals surface area contributed by atoms with E-state index in [9.17, 15) is 4.79 Å². The summed E-state index contributed by atoms with van der Waals surface area (Å²) in [6.45, 7) is 1.66. The molecule has 0 atom stereocenters. The van der Waals surface area contributed by atoms with Crippen molar-refractivity contribution in [2.45, 2.75) is 0 Å². The van der Waals surface area contributed by atoms with Gasteiger partial charge in [0.2, 0.25) is 0 Å². The summed E-state index contributed by atoms with van der Waals surface area (Å²) in [5.74, 6) is 2.09. The van der Waals surface area contributed by atoms with E-state index in [1.807, 2.05) is 29.8 Å². The Kier molecular flexibility index (Phi) is 3.66. The van der Waals surface area contributed by atoms with Crippen molar-refractivity contribution in [3.8, 4) is 0 Å². The smallest absolute Gasteiger partial charge is 0.272 e. The van der Waals surface area contributed by atoms with E-state index in [4.69, 9.17) is 0 Å². The molecule has 2 heterocycles. The molecule has 1 aliphatic heterocycles. The summed E-state index contributed by atoms with van der Waals surface area (Å²) in [7, 11) is 1.83. The van der Waals surface area contributed by atoms with Gasteiger partial charge in [-0.3, -0.25) is 9.78 Å². The van der Waals surface area contributed by atoms with Gasteiger partial charge in [-0.1, -0.05) is 0 Å². The predicted molar refractivity (Wildman–Crippen MR) is 67.0 cm³/mol. The fourth-order valence-electron chi connectivity index (χ4n) is 1.63. The second-order valence-corrected chi connectivity index (χ2v) is 4.81. The molecule has 1 aliphatic rings. The molecule has 16 heavy (non-hydrogen) atoms. The highest BCUT2D eigenvalue weighted by molar-refractivity contribution is 7.99. The number of hydrogen-bond donors (Lipinski definition) is 1. The Morgan fingerprint density at radius 2 is 2.25 bits per heavy atom. The standard InChI is InChI=1S/C11H15N3OS/c1-12-9-2-3-13-10(8-9)11(15)14-4-6-16-7-5-14/h2-3,8H,4-7H2,1H3,(H,12,13). The Balaban J connectivity index is 2.12. The van der Waals surface area contributed by atoms with E-state index in [0.29, 0.717) is 5.69 Å². The van der Waals surface area contributed by atoms with Crippen LogP contribution in [0.1, 0.15) is 10.5 Å². The maximum atomic E-state index is 12.1. The second-order valence-electron chi connectivity index (χ2n) is 3.58. The van der Waals surface area contributed by atoms with Crippen LogP contribution in [0.25, 0.3) is 0 Å². The number of aromatic nitrogens is 1. The number of carbonyl (C=O) groups is 1. The molecule has 0 radical (unpaired) electrons. The Morgan fingerprint density at radius 3 is 2.94 bits per heavy atom. The maximum absolute atomic E-state index is 12.1. The zero-order chi connectivity index (χ0) is 11.4. The summed E-state index contributed by atoms with van der Waals surface area (Å²) in [6, 6.07) is 3.65. The van der Waals surface area contributed by atoms with Crippen molar-refractivity contribution in [3.05, 3.63) is 24.0 Å².